The molecule has 0 aliphatic carbocycles. The minimum atomic E-state index is 0.612. The molecule has 3 rings (SSSR count). The molecule has 0 saturated carbocycles. The third kappa shape index (κ3) is 2.73. The Morgan fingerprint density at radius 3 is 3.11 bits per heavy atom. The number of hydrogen-bond acceptors (Lipinski definition) is 3. The van der Waals surface area contributed by atoms with Crippen LogP contribution in [0, 0.1) is 5.92 Å². The van der Waals surface area contributed by atoms with Crippen LogP contribution in [0.5, 0.6) is 0 Å². The average Bonchev–Trinajstić information content (AvgIpc) is 2.89. The Hall–Kier alpha value is -0.930. The second kappa shape index (κ2) is 5.81. The first kappa shape index (κ1) is 12.1. The van der Waals surface area contributed by atoms with Crippen LogP contribution in [0.3, 0.4) is 0 Å². The van der Waals surface area contributed by atoms with E-state index in [1.807, 2.05) is 12.4 Å². The van der Waals surface area contributed by atoms with Crippen molar-refractivity contribution in [3.8, 4) is 0 Å². The predicted molar refractivity (Wildman–Crippen MR) is 73.4 cm³/mol. The molecule has 0 aromatic carbocycles. The van der Waals surface area contributed by atoms with Crippen LogP contribution in [0.4, 0.5) is 0 Å². The SMILES string of the molecule is c1cncc(C2CCCN2CC2CCCNC2)c1. The van der Waals surface area contributed by atoms with Gasteiger partial charge in [0.1, 0.15) is 0 Å². The molecule has 3 heteroatoms. The molecule has 1 aromatic heterocycles. The second-order valence-corrected chi connectivity index (χ2v) is 5.65. The molecular weight excluding hydrogens is 222 g/mol. The Morgan fingerprint density at radius 1 is 1.33 bits per heavy atom. The van der Waals surface area contributed by atoms with Crippen LogP contribution in [0.2, 0.25) is 0 Å². The van der Waals surface area contributed by atoms with Gasteiger partial charge in [0.15, 0.2) is 0 Å². The lowest BCUT2D eigenvalue weighted by Crippen LogP contribution is -2.38. The van der Waals surface area contributed by atoms with Crippen LogP contribution in [-0.4, -0.2) is 36.1 Å². The van der Waals surface area contributed by atoms with Gasteiger partial charge in [0, 0.05) is 25.0 Å². The molecule has 0 spiro atoms. The van der Waals surface area contributed by atoms with Crippen LogP contribution >= 0.6 is 0 Å². The van der Waals surface area contributed by atoms with Crippen molar-refractivity contribution in [2.75, 3.05) is 26.2 Å². The highest BCUT2D eigenvalue weighted by Gasteiger charge is 2.28. The first-order valence-corrected chi connectivity index (χ1v) is 7.28. The van der Waals surface area contributed by atoms with Crippen LogP contribution in [0.25, 0.3) is 0 Å². The molecule has 0 bridgehead atoms. The monoisotopic (exact) mass is 245 g/mol. The Balaban J connectivity index is 1.64. The molecule has 0 radical (unpaired) electrons. The van der Waals surface area contributed by atoms with Gasteiger partial charge in [0.2, 0.25) is 0 Å². The van der Waals surface area contributed by atoms with Gasteiger partial charge in [-0.25, -0.2) is 0 Å². The van der Waals surface area contributed by atoms with Gasteiger partial charge in [-0.3, -0.25) is 9.88 Å². The van der Waals surface area contributed by atoms with Crippen molar-refractivity contribution in [1.29, 1.82) is 0 Å². The van der Waals surface area contributed by atoms with Crippen molar-refractivity contribution in [3.05, 3.63) is 30.1 Å². The number of nitrogens with one attached hydrogen (secondary N) is 1. The van der Waals surface area contributed by atoms with Crippen LogP contribution in [-0.2, 0) is 0 Å². The molecule has 1 aromatic rings. The van der Waals surface area contributed by atoms with Crippen molar-refractivity contribution in [2.24, 2.45) is 5.92 Å². The summed E-state index contributed by atoms with van der Waals surface area (Å²) >= 11 is 0. The second-order valence-electron chi connectivity index (χ2n) is 5.65. The van der Waals surface area contributed by atoms with Gasteiger partial charge in [0.25, 0.3) is 0 Å². The lowest BCUT2D eigenvalue weighted by molar-refractivity contribution is 0.195. The van der Waals surface area contributed by atoms with Crippen molar-refractivity contribution >= 4 is 0 Å². The van der Waals surface area contributed by atoms with Gasteiger partial charge in [-0.1, -0.05) is 6.07 Å². The van der Waals surface area contributed by atoms with E-state index in [0.717, 1.165) is 5.92 Å². The Labute approximate surface area is 110 Å². The summed E-state index contributed by atoms with van der Waals surface area (Å²) in [6, 6.07) is 4.91. The number of likely N-dealkylation sites (tertiary alicyclic amines) is 1. The number of pyridine rings is 1. The van der Waals surface area contributed by atoms with E-state index >= 15 is 0 Å². The van der Waals surface area contributed by atoms with Gasteiger partial charge in [-0.2, -0.15) is 0 Å². The van der Waals surface area contributed by atoms with Crippen molar-refractivity contribution < 1.29 is 0 Å². The highest BCUT2D eigenvalue weighted by Crippen LogP contribution is 2.32. The molecule has 2 aliphatic rings. The summed E-state index contributed by atoms with van der Waals surface area (Å²) in [6.45, 7) is 4.93. The fraction of sp³-hybridized carbons (Fsp3) is 0.667. The van der Waals surface area contributed by atoms with Gasteiger partial charge in [-0.15, -0.1) is 0 Å². The molecule has 3 nitrogen and oxygen atoms in total. The molecule has 2 atom stereocenters. The molecule has 2 fully saturated rings. The van der Waals surface area contributed by atoms with E-state index in [2.05, 4.69) is 27.3 Å². The number of piperidine rings is 1. The third-order valence-electron chi connectivity index (χ3n) is 4.32. The molecule has 2 saturated heterocycles. The molecule has 1 N–H and O–H groups in total. The van der Waals surface area contributed by atoms with E-state index in [0.29, 0.717) is 6.04 Å². The maximum Gasteiger partial charge on any atom is 0.0363 e. The molecule has 2 aliphatic heterocycles. The fourth-order valence-corrected chi connectivity index (χ4v) is 3.41. The Kier molecular flexibility index (Phi) is 3.91. The lowest BCUT2D eigenvalue weighted by Gasteiger charge is -2.31. The quantitative estimate of drug-likeness (QED) is 0.885. The molecule has 18 heavy (non-hydrogen) atoms. The average molecular weight is 245 g/mol. The Bertz CT molecular complexity index is 359. The first-order chi connectivity index (χ1) is 8.93. The third-order valence-corrected chi connectivity index (χ3v) is 4.32. The fourth-order valence-electron chi connectivity index (χ4n) is 3.41. The van der Waals surface area contributed by atoms with Crippen LogP contribution in [0.15, 0.2) is 24.5 Å². The number of hydrogen-bond donors (Lipinski definition) is 1. The highest BCUT2D eigenvalue weighted by atomic mass is 15.2. The van der Waals surface area contributed by atoms with Crippen molar-refractivity contribution in [2.45, 2.75) is 31.7 Å². The molecular formula is C15H23N3. The lowest BCUT2D eigenvalue weighted by atomic mass is 9.98. The van der Waals surface area contributed by atoms with E-state index in [4.69, 9.17) is 0 Å². The zero-order valence-electron chi connectivity index (χ0n) is 11.0. The minimum absolute atomic E-state index is 0.612. The zero-order chi connectivity index (χ0) is 12.2. The highest BCUT2D eigenvalue weighted by molar-refractivity contribution is 5.15. The van der Waals surface area contributed by atoms with E-state index in [1.165, 1.54) is 57.4 Å². The molecule has 0 amide bonds. The van der Waals surface area contributed by atoms with Gasteiger partial charge >= 0.3 is 0 Å². The number of nitrogens with zero attached hydrogens (tertiary/aromatic N) is 2. The summed E-state index contributed by atoms with van der Waals surface area (Å²) in [7, 11) is 0. The van der Waals surface area contributed by atoms with Gasteiger partial charge < -0.3 is 5.32 Å². The normalized spacial score (nSPS) is 29.6. The predicted octanol–water partition coefficient (Wildman–Crippen LogP) is 2.22. The summed E-state index contributed by atoms with van der Waals surface area (Å²) in [5.74, 6) is 0.844. The zero-order valence-corrected chi connectivity index (χ0v) is 11.0. The first-order valence-electron chi connectivity index (χ1n) is 7.28. The smallest absolute Gasteiger partial charge is 0.0363 e. The summed E-state index contributed by atoms with van der Waals surface area (Å²) in [5, 5.41) is 3.52. The standard InChI is InChI=1S/C15H23N3/c1-4-13(10-16-7-1)12-18-9-3-6-15(18)14-5-2-8-17-11-14/h2,5,8,11,13,15-16H,1,3-4,6-7,9-10,12H2. The maximum absolute atomic E-state index is 4.27. The topological polar surface area (TPSA) is 28.2 Å². The van der Waals surface area contributed by atoms with Gasteiger partial charge in [-0.05, 0) is 62.9 Å². The summed E-state index contributed by atoms with van der Waals surface area (Å²) in [5.41, 5.74) is 1.40. The maximum atomic E-state index is 4.27. The van der Waals surface area contributed by atoms with Gasteiger partial charge in [0.05, 0.1) is 0 Å². The molecule has 3 heterocycles. The summed E-state index contributed by atoms with van der Waals surface area (Å²) < 4.78 is 0. The van der Waals surface area contributed by atoms with Crippen molar-refractivity contribution in [3.63, 3.8) is 0 Å². The molecule has 2 unspecified atom stereocenters. The minimum Gasteiger partial charge on any atom is -0.316 e. The van der Waals surface area contributed by atoms with Crippen LogP contribution in [0.1, 0.15) is 37.3 Å². The van der Waals surface area contributed by atoms with Crippen molar-refractivity contribution in [1.82, 2.24) is 15.2 Å². The summed E-state index contributed by atoms with van der Waals surface area (Å²) in [6.07, 6.45) is 9.28. The largest absolute Gasteiger partial charge is 0.316 e. The summed E-state index contributed by atoms with van der Waals surface area (Å²) in [4.78, 5) is 6.95. The van der Waals surface area contributed by atoms with E-state index in [1.54, 1.807) is 0 Å². The number of rotatable bonds is 3. The Morgan fingerprint density at radius 2 is 2.33 bits per heavy atom. The van der Waals surface area contributed by atoms with E-state index in [9.17, 15) is 0 Å². The number of aromatic nitrogens is 1. The van der Waals surface area contributed by atoms with E-state index in [-0.39, 0.29) is 0 Å². The van der Waals surface area contributed by atoms with Crippen LogP contribution < -0.4 is 5.32 Å². The van der Waals surface area contributed by atoms with E-state index < -0.39 is 0 Å². The molecule has 98 valence electrons.